The summed E-state index contributed by atoms with van der Waals surface area (Å²) >= 11 is 0. The summed E-state index contributed by atoms with van der Waals surface area (Å²) in [6, 6.07) is 7.40. The number of nitrogens with two attached hydrogens (primary N) is 1. The highest BCUT2D eigenvalue weighted by molar-refractivity contribution is 5.85. The summed E-state index contributed by atoms with van der Waals surface area (Å²) in [5.41, 5.74) is 7.31. The van der Waals surface area contributed by atoms with Crippen LogP contribution in [0.3, 0.4) is 0 Å². The van der Waals surface area contributed by atoms with Crippen LogP contribution < -0.4 is 11.1 Å². The molecule has 0 aromatic heterocycles. The summed E-state index contributed by atoms with van der Waals surface area (Å²) in [4.78, 5) is 11.8. The maximum absolute atomic E-state index is 11.8. The lowest BCUT2D eigenvalue weighted by molar-refractivity contribution is -0.120. The van der Waals surface area contributed by atoms with Crippen LogP contribution in [0.1, 0.15) is 38.2 Å². The second-order valence-electron chi connectivity index (χ2n) is 5.94. The number of hydrogen-bond donors (Lipinski definition) is 2. The van der Waals surface area contributed by atoms with Gasteiger partial charge in [0, 0.05) is 12.2 Å². The number of anilines is 1. The predicted molar refractivity (Wildman–Crippen MR) is 92.2 cm³/mol. The van der Waals surface area contributed by atoms with Gasteiger partial charge >= 0.3 is 0 Å². The van der Waals surface area contributed by atoms with Crippen molar-refractivity contribution in [1.82, 2.24) is 5.32 Å². The van der Waals surface area contributed by atoms with E-state index in [1.165, 1.54) is 19.3 Å². The quantitative estimate of drug-likeness (QED) is 0.624. The van der Waals surface area contributed by atoms with E-state index in [2.05, 4.69) is 12.2 Å². The Hall–Kier alpha value is -1.26. The SMILES string of the molecule is CC1CCCCC1OCCNC(=O)Cc1ccc(N)cc1.Cl. The Morgan fingerprint density at radius 2 is 1.95 bits per heavy atom. The third-order valence-corrected chi connectivity index (χ3v) is 4.13. The Kier molecular flexibility index (Phi) is 8.28. The normalized spacial score (nSPS) is 21.0. The van der Waals surface area contributed by atoms with Crippen molar-refractivity contribution < 1.29 is 9.53 Å². The van der Waals surface area contributed by atoms with Gasteiger partial charge in [0.05, 0.1) is 19.1 Å². The first kappa shape index (κ1) is 18.8. The van der Waals surface area contributed by atoms with E-state index in [1.807, 2.05) is 24.3 Å². The molecule has 124 valence electrons. The standard InChI is InChI=1S/C17H26N2O2.ClH/c1-13-4-2-3-5-16(13)21-11-10-19-17(20)12-14-6-8-15(18)9-7-14;/h6-9,13,16H,2-5,10-12,18H2,1H3,(H,19,20);1H. The van der Waals surface area contributed by atoms with Crippen molar-refractivity contribution in [2.45, 2.75) is 45.1 Å². The summed E-state index contributed by atoms with van der Waals surface area (Å²) in [5.74, 6) is 0.671. The molecule has 0 saturated heterocycles. The highest BCUT2D eigenvalue weighted by atomic mass is 35.5. The topological polar surface area (TPSA) is 64.3 Å². The predicted octanol–water partition coefficient (Wildman–Crippen LogP) is 2.94. The third kappa shape index (κ3) is 6.24. The van der Waals surface area contributed by atoms with Crippen LogP contribution in [0.15, 0.2) is 24.3 Å². The van der Waals surface area contributed by atoms with Crippen molar-refractivity contribution in [3.8, 4) is 0 Å². The molecule has 1 aliphatic rings. The fourth-order valence-electron chi connectivity index (χ4n) is 2.81. The Morgan fingerprint density at radius 3 is 2.64 bits per heavy atom. The molecule has 1 amide bonds. The number of halogens is 1. The number of nitrogen functional groups attached to an aromatic ring is 1. The number of amides is 1. The third-order valence-electron chi connectivity index (χ3n) is 4.13. The first-order valence-corrected chi connectivity index (χ1v) is 7.88. The summed E-state index contributed by atoms with van der Waals surface area (Å²) < 4.78 is 5.88. The van der Waals surface area contributed by atoms with Crippen LogP contribution >= 0.6 is 12.4 Å². The molecule has 1 saturated carbocycles. The smallest absolute Gasteiger partial charge is 0.224 e. The van der Waals surface area contributed by atoms with Gasteiger partial charge in [-0.3, -0.25) is 4.79 Å². The largest absolute Gasteiger partial charge is 0.399 e. The van der Waals surface area contributed by atoms with Crippen molar-refractivity contribution in [2.24, 2.45) is 5.92 Å². The van der Waals surface area contributed by atoms with E-state index in [9.17, 15) is 4.79 Å². The fourth-order valence-corrected chi connectivity index (χ4v) is 2.81. The molecule has 2 rings (SSSR count). The van der Waals surface area contributed by atoms with E-state index in [0.717, 1.165) is 12.0 Å². The molecule has 0 spiro atoms. The fraction of sp³-hybridized carbons (Fsp3) is 0.588. The van der Waals surface area contributed by atoms with Crippen LogP contribution in [0.4, 0.5) is 5.69 Å². The number of hydrogen-bond acceptors (Lipinski definition) is 3. The number of rotatable bonds is 6. The van der Waals surface area contributed by atoms with Gasteiger partial charge in [-0.05, 0) is 36.5 Å². The van der Waals surface area contributed by atoms with Gasteiger partial charge < -0.3 is 15.8 Å². The molecule has 0 heterocycles. The number of ether oxygens (including phenoxy) is 1. The monoisotopic (exact) mass is 326 g/mol. The molecule has 1 aliphatic carbocycles. The van der Waals surface area contributed by atoms with Gasteiger partial charge in [-0.15, -0.1) is 12.4 Å². The van der Waals surface area contributed by atoms with Gasteiger partial charge in [-0.1, -0.05) is 31.9 Å². The maximum Gasteiger partial charge on any atom is 0.224 e. The van der Waals surface area contributed by atoms with Crippen LogP contribution in [0.2, 0.25) is 0 Å². The summed E-state index contributed by atoms with van der Waals surface area (Å²) in [6.07, 6.45) is 5.75. The maximum atomic E-state index is 11.8. The van der Waals surface area contributed by atoms with Gasteiger partial charge in [-0.25, -0.2) is 0 Å². The molecule has 1 aromatic rings. The number of benzene rings is 1. The van der Waals surface area contributed by atoms with Crippen LogP contribution in [0.25, 0.3) is 0 Å². The molecular weight excluding hydrogens is 300 g/mol. The van der Waals surface area contributed by atoms with Crippen molar-refractivity contribution in [1.29, 1.82) is 0 Å². The molecule has 22 heavy (non-hydrogen) atoms. The highest BCUT2D eigenvalue weighted by Crippen LogP contribution is 2.25. The number of nitrogens with one attached hydrogen (secondary N) is 1. The lowest BCUT2D eigenvalue weighted by Crippen LogP contribution is -2.32. The first-order valence-electron chi connectivity index (χ1n) is 7.88. The molecule has 2 unspecified atom stereocenters. The molecule has 0 bridgehead atoms. The van der Waals surface area contributed by atoms with Gasteiger partial charge in [-0.2, -0.15) is 0 Å². The second kappa shape index (κ2) is 9.70. The van der Waals surface area contributed by atoms with Crippen LogP contribution in [-0.2, 0) is 16.0 Å². The lowest BCUT2D eigenvalue weighted by atomic mass is 9.88. The first-order chi connectivity index (χ1) is 10.1. The molecule has 5 heteroatoms. The Morgan fingerprint density at radius 1 is 1.27 bits per heavy atom. The van der Waals surface area contributed by atoms with Crippen LogP contribution in [0, 0.1) is 5.92 Å². The Labute approximate surface area is 139 Å². The Bertz CT molecular complexity index is 450. The molecule has 0 radical (unpaired) electrons. The zero-order valence-electron chi connectivity index (χ0n) is 13.2. The van der Waals surface area contributed by atoms with Gasteiger partial charge in [0.15, 0.2) is 0 Å². The lowest BCUT2D eigenvalue weighted by Gasteiger charge is -2.28. The zero-order valence-corrected chi connectivity index (χ0v) is 14.0. The van der Waals surface area contributed by atoms with Crippen LogP contribution in [0.5, 0.6) is 0 Å². The summed E-state index contributed by atoms with van der Waals surface area (Å²) in [5, 5.41) is 2.90. The number of carbonyl (C=O) groups is 1. The molecule has 2 atom stereocenters. The molecule has 4 nitrogen and oxygen atoms in total. The van der Waals surface area contributed by atoms with Crippen LogP contribution in [-0.4, -0.2) is 25.2 Å². The molecular formula is C17H27ClN2O2. The van der Waals surface area contributed by atoms with Gasteiger partial charge in [0.1, 0.15) is 0 Å². The van der Waals surface area contributed by atoms with Crippen molar-refractivity contribution in [3.63, 3.8) is 0 Å². The van der Waals surface area contributed by atoms with Gasteiger partial charge in [0.25, 0.3) is 0 Å². The summed E-state index contributed by atoms with van der Waals surface area (Å²) in [7, 11) is 0. The van der Waals surface area contributed by atoms with E-state index in [4.69, 9.17) is 10.5 Å². The van der Waals surface area contributed by atoms with Crippen molar-refractivity contribution in [3.05, 3.63) is 29.8 Å². The van der Waals surface area contributed by atoms with Crippen molar-refractivity contribution in [2.75, 3.05) is 18.9 Å². The van der Waals surface area contributed by atoms with Crippen molar-refractivity contribution >= 4 is 24.0 Å². The summed E-state index contributed by atoms with van der Waals surface area (Å²) in [6.45, 7) is 3.43. The Balaban J connectivity index is 0.00000242. The minimum Gasteiger partial charge on any atom is -0.399 e. The molecule has 0 aliphatic heterocycles. The van der Waals surface area contributed by atoms with E-state index >= 15 is 0 Å². The minimum absolute atomic E-state index is 0. The van der Waals surface area contributed by atoms with Gasteiger partial charge in [0.2, 0.25) is 5.91 Å². The van der Waals surface area contributed by atoms with E-state index in [-0.39, 0.29) is 18.3 Å². The zero-order chi connectivity index (χ0) is 15.1. The number of carbonyl (C=O) groups excluding carboxylic acids is 1. The molecule has 3 N–H and O–H groups in total. The second-order valence-corrected chi connectivity index (χ2v) is 5.94. The highest BCUT2D eigenvalue weighted by Gasteiger charge is 2.21. The molecule has 1 fully saturated rings. The van der Waals surface area contributed by atoms with E-state index < -0.39 is 0 Å². The minimum atomic E-state index is 0. The average Bonchev–Trinajstić information content (AvgIpc) is 2.48. The molecule has 1 aromatic carbocycles. The average molecular weight is 327 g/mol. The van der Waals surface area contributed by atoms with E-state index in [0.29, 0.717) is 37.3 Å². The van der Waals surface area contributed by atoms with E-state index in [1.54, 1.807) is 0 Å².